The summed E-state index contributed by atoms with van der Waals surface area (Å²) in [5, 5.41) is 0.0812. The number of hydrogen-bond donors (Lipinski definition) is 0. The molecule has 3 heteroatoms. The Balaban J connectivity index is 2.40. The van der Waals surface area contributed by atoms with Crippen molar-refractivity contribution in [3.05, 3.63) is 35.4 Å². The molecule has 82 valence electrons. The normalized spacial score (nSPS) is 30.8. The average Bonchev–Trinajstić information content (AvgIpc) is 2.52. The van der Waals surface area contributed by atoms with Crippen LogP contribution in [0.3, 0.4) is 0 Å². The monoisotopic (exact) mass is 230 g/mol. The van der Waals surface area contributed by atoms with Crippen LogP contribution in [-0.2, 0) is 5.41 Å². The first-order chi connectivity index (χ1) is 7.01. The molecule has 1 saturated carbocycles. The summed E-state index contributed by atoms with van der Waals surface area (Å²) in [6.07, 6.45) is 2.41. The van der Waals surface area contributed by atoms with Crippen LogP contribution in [0.5, 0.6) is 0 Å². The number of hydrogen-bond acceptors (Lipinski definition) is 0. The van der Waals surface area contributed by atoms with Crippen LogP contribution < -0.4 is 0 Å². The van der Waals surface area contributed by atoms with Crippen molar-refractivity contribution in [2.24, 2.45) is 0 Å². The lowest BCUT2D eigenvalue weighted by Gasteiger charge is -2.24. The van der Waals surface area contributed by atoms with Crippen LogP contribution in [0.25, 0.3) is 0 Å². The first kappa shape index (κ1) is 10.9. The highest BCUT2D eigenvalue weighted by atomic mass is 35.5. The highest BCUT2D eigenvalue weighted by Gasteiger charge is 2.37. The predicted molar refractivity (Wildman–Crippen MR) is 57.2 cm³/mol. The molecule has 1 aromatic rings. The maximum absolute atomic E-state index is 13.6. The van der Waals surface area contributed by atoms with Crippen LogP contribution in [-0.4, -0.2) is 5.38 Å². The zero-order valence-electron chi connectivity index (χ0n) is 8.56. The first-order valence-corrected chi connectivity index (χ1v) is 5.54. The smallest absolute Gasteiger partial charge is 0.127 e. The zero-order chi connectivity index (χ0) is 11.1. The summed E-state index contributed by atoms with van der Waals surface area (Å²) in [6.45, 7) is 1.95. The minimum Gasteiger partial charge on any atom is -0.207 e. The van der Waals surface area contributed by atoms with Crippen molar-refractivity contribution in [1.82, 2.24) is 0 Å². The molecule has 0 heterocycles. The van der Waals surface area contributed by atoms with Gasteiger partial charge >= 0.3 is 0 Å². The molecule has 2 rings (SSSR count). The van der Waals surface area contributed by atoms with E-state index >= 15 is 0 Å². The van der Waals surface area contributed by atoms with Crippen LogP contribution in [0.15, 0.2) is 18.2 Å². The van der Waals surface area contributed by atoms with Crippen LogP contribution in [0.4, 0.5) is 8.78 Å². The molecule has 0 aromatic heterocycles. The van der Waals surface area contributed by atoms with Gasteiger partial charge in [0.1, 0.15) is 11.6 Å². The predicted octanol–water partition coefficient (Wildman–Crippen LogP) is 4.01. The zero-order valence-corrected chi connectivity index (χ0v) is 9.32. The summed E-state index contributed by atoms with van der Waals surface area (Å²) in [7, 11) is 0. The van der Waals surface area contributed by atoms with Crippen molar-refractivity contribution >= 4 is 11.6 Å². The van der Waals surface area contributed by atoms with Crippen LogP contribution in [0.2, 0.25) is 0 Å². The second-order valence-electron chi connectivity index (χ2n) is 4.52. The van der Waals surface area contributed by atoms with E-state index in [4.69, 9.17) is 11.6 Å². The number of alkyl halides is 1. The molecule has 15 heavy (non-hydrogen) atoms. The molecule has 0 amide bonds. The summed E-state index contributed by atoms with van der Waals surface area (Å²) in [6, 6.07) is 3.64. The van der Waals surface area contributed by atoms with E-state index in [1.165, 1.54) is 12.1 Å². The fourth-order valence-electron chi connectivity index (χ4n) is 2.37. The highest BCUT2D eigenvalue weighted by Crippen LogP contribution is 2.43. The summed E-state index contributed by atoms with van der Waals surface area (Å²) >= 11 is 6.02. The summed E-state index contributed by atoms with van der Waals surface area (Å²) in [4.78, 5) is 0. The van der Waals surface area contributed by atoms with Gasteiger partial charge in [0.15, 0.2) is 0 Å². The third-order valence-electron chi connectivity index (χ3n) is 3.26. The molecule has 0 saturated heterocycles. The van der Waals surface area contributed by atoms with Crippen molar-refractivity contribution in [3.8, 4) is 0 Å². The topological polar surface area (TPSA) is 0 Å². The average molecular weight is 231 g/mol. The molecule has 0 bridgehead atoms. The maximum atomic E-state index is 13.6. The van der Waals surface area contributed by atoms with Crippen molar-refractivity contribution in [3.63, 3.8) is 0 Å². The first-order valence-electron chi connectivity index (χ1n) is 5.11. The van der Waals surface area contributed by atoms with E-state index < -0.39 is 0 Å². The van der Waals surface area contributed by atoms with Gasteiger partial charge in [0.25, 0.3) is 0 Å². The van der Waals surface area contributed by atoms with Gasteiger partial charge in [-0.1, -0.05) is 6.92 Å². The second kappa shape index (κ2) is 3.75. The van der Waals surface area contributed by atoms with Gasteiger partial charge in [0, 0.05) is 5.38 Å². The van der Waals surface area contributed by atoms with E-state index in [-0.39, 0.29) is 22.4 Å². The minimum absolute atomic E-state index is 0.0812. The van der Waals surface area contributed by atoms with E-state index in [2.05, 4.69) is 0 Å². The van der Waals surface area contributed by atoms with Crippen LogP contribution in [0, 0.1) is 11.6 Å². The van der Waals surface area contributed by atoms with Gasteiger partial charge in [-0.05, 0) is 48.4 Å². The molecule has 0 N–H and O–H groups in total. The molecular formula is C12H13ClF2. The van der Waals surface area contributed by atoms with Gasteiger partial charge < -0.3 is 0 Å². The highest BCUT2D eigenvalue weighted by molar-refractivity contribution is 6.20. The van der Waals surface area contributed by atoms with Gasteiger partial charge in [-0.15, -0.1) is 11.6 Å². The third kappa shape index (κ3) is 2.00. The van der Waals surface area contributed by atoms with E-state index in [0.29, 0.717) is 5.56 Å². The maximum Gasteiger partial charge on any atom is 0.127 e. The van der Waals surface area contributed by atoms with Crippen molar-refractivity contribution in [1.29, 1.82) is 0 Å². The van der Waals surface area contributed by atoms with Crippen molar-refractivity contribution in [2.45, 2.75) is 37.0 Å². The fraction of sp³-hybridized carbons (Fsp3) is 0.500. The second-order valence-corrected chi connectivity index (χ2v) is 5.14. The van der Waals surface area contributed by atoms with Gasteiger partial charge in [0.05, 0.1) is 0 Å². The van der Waals surface area contributed by atoms with Crippen molar-refractivity contribution in [2.75, 3.05) is 0 Å². The standard InChI is InChI=1S/C12H13ClF2/c1-12(5-4-8(13)7-12)10-6-9(14)2-3-11(10)15/h2-3,6,8H,4-5,7H2,1H3. The Morgan fingerprint density at radius 2 is 2.13 bits per heavy atom. The number of benzene rings is 1. The van der Waals surface area contributed by atoms with Gasteiger partial charge in [-0.2, -0.15) is 0 Å². The Hall–Kier alpha value is -0.630. The Labute approximate surface area is 93.2 Å². The third-order valence-corrected chi connectivity index (χ3v) is 3.63. The fourth-order valence-corrected chi connectivity index (χ4v) is 2.82. The Bertz CT molecular complexity index is 378. The lowest BCUT2D eigenvalue weighted by Crippen LogP contribution is -2.20. The Morgan fingerprint density at radius 3 is 2.73 bits per heavy atom. The number of rotatable bonds is 1. The minimum atomic E-state index is -0.384. The molecule has 0 aliphatic heterocycles. The molecule has 0 nitrogen and oxygen atoms in total. The quantitative estimate of drug-likeness (QED) is 0.640. The summed E-state index contributed by atoms with van der Waals surface area (Å²) in [5.41, 5.74) is 0.157. The van der Waals surface area contributed by atoms with E-state index in [0.717, 1.165) is 25.3 Å². The lowest BCUT2D eigenvalue weighted by atomic mass is 9.81. The SMILES string of the molecule is CC1(c2cc(F)ccc2F)CCC(Cl)C1. The Kier molecular flexibility index (Phi) is 2.72. The molecule has 1 aliphatic rings. The number of halogens is 3. The lowest BCUT2D eigenvalue weighted by molar-refractivity contribution is 0.452. The van der Waals surface area contributed by atoms with E-state index in [1.807, 2.05) is 6.92 Å². The Morgan fingerprint density at radius 1 is 1.40 bits per heavy atom. The van der Waals surface area contributed by atoms with E-state index in [9.17, 15) is 8.78 Å². The molecule has 2 atom stereocenters. The molecule has 1 fully saturated rings. The van der Waals surface area contributed by atoms with E-state index in [1.54, 1.807) is 0 Å². The molecular weight excluding hydrogens is 218 g/mol. The molecule has 1 aromatic carbocycles. The molecule has 1 aliphatic carbocycles. The van der Waals surface area contributed by atoms with Gasteiger partial charge in [0.2, 0.25) is 0 Å². The van der Waals surface area contributed by atoms with Crippen molar-refractivity contribution < 1.29 is 8.78 Å². The molecule has 0 spiro atoms. The van der Waals surface area contributed by atoms with Crippen LogP contribution in [0.1, 0.15) is 31.7 Å². The molecule has 0 radical (unpaired) electrons. The molecule has 2 unspecified atom stereocenters. The summed E-state index contributed by atoms with van der Waals surface area (Å²) < 4.78 is 26.7. The van der Waals surface area contributed by atoms with Crippen LogP contribution >= 0.6 is 11.6 Å². The summed E-state index contributed by atoms with van der Waals surface area (Å²) in [5.74, 6) is -0.713. The van der Waals surface area contributed by atoms with Gasteiger partial charge in [-0.25, -0.2) is 8.78 Å². The largest absolute Gasteiger partial charge is 0.207 e. The van der Waals surface area contributed by atoms with Gasteiger partial charge in [-0.3, -0.25) is 0 Å².